The lowest BCUT2D eigenvalue weighted by Crippen LogP contribution is -1.97. The molecule has 0 N–H and O–H groups in total. The van der Waals surface area contributed by atoms with Crippen LogP contribution in [0.3, 0.4) is 0 Å². The van der Waals surface area contributed by atoms with Gasteiger partial charge in [0.2, 0.25) is 5.89 Å². The highest BCUT2D eigenvalue weighted by molar-refractivity contribution is 7.19. The van der Waals surface area contributed by atoms with Gasteiger partial charge >= 0.3 is 0 Å². The van der Waals surface area contributed by atoms with Crippen LogP contribution in [0.25, 0.3) is 10.8 Å². The van der Waals surface area contributed by atoms with E-state index in [1.165, 1.54) is 11.3 Å². The van der Waals surface area contributed by atoms with Gasteiger partial charge in [-0.3, -0.25) is 0 Å². The van der Waals surface area contributed by atoms with Crippen molar-refractivity contribution in [2.24, 2.45) is 0 Å². The van der Waals surface area contributed by atoms with Gasteiger partial charge in [0.25, 0.3) is 0 Å². The summed E-state index contributed by atoms with van der Waals surface area (Å²) in [6.45, 7) is 2.27. The molecule has 2 aromatic heterocycles. The molecule has 3 nitrogen and oxygen atoms in total. The quantitative estimate of drug-likeness (QED) is 0.684. The van der Waals surface area contributed by atoms with E-state index in [2.05, 4.69) is 4.98 Å². The van der Waals surface area contributed by atoms with Gasteiger partial charge < -0.3 is 9.15 Å². The van der Waals surface area contributed by atoms with Crippen LogP contribution in [0.1, 0.15) is 11.5 Å². The van der Waals surface area contributed by atoms with E-state index in [1.807, 2.05) is 49.4 Å². The average molecular weight is 306 g/mol. The van der Waals surface area contributed by atoms with Crippen LogP contribution >= 0.6 is 22.9 Å². The van der Waals surface area contributed by atoms with Crippen LogP contribution < -0.4 is 4.74 Å². The maximum absolute atomic E-state index is 5.92. The van der Waals surface area contributed by atoms with Crippen LogP contribution in [-0.2, 0) is 6.61 Å². The summed E-state index contributed by atoms with van der Waals surface area (Å²) < 4.78 is 12.1. The molecule has 0 spiro atoms. The minimum Gasteiger partial charge on any atom is -0.487 e. The first-order chi connectivity index (χ1) is 9.72. The minimum atomic E-state index is 0.387. The third-order valence-electron chi connectivity index (χ3n) is 2.80. The molecule has 0 saturated carbocycles. The van der Waals surface area contributed by atoms with E-state index in [9.17, 15) is 0 Å². The van der Waals surface area contributed by atoms with E-state index >= 15 is 0 Å². The third-order valence-corrected chi connectivity index (χ3v) is 4.01. The molecule has 0 fully saturated rings. The van der Waals surface area contributed by atoms with E-state index in [0.29, 0.717) is 12.5 Å². The number of hydrogen-bond donors (Lipinski definition) is 0. The molecule has 0 saturated heterocycles. The van der Waals surface area contributed by atoms with Crippen molar-refractivity contribution in [1.82, 2.24) is 4.98 Å². The zero-order valence-electron chi connectivity index (χ0n) is 10.8. The average Bonchev–Trinajstić information content (AvgIpc) is 3.04. The molecule has 102 valence electrons. The van der Waals surface area contributed by atoms with Crippen molar-refractivity contribution < 1.29 is 9.15 Å². The van der Waals surface area contributed by atoms with E-state index < -0.39 is 0 Å². The summed E-state index contributed by atoms with van der Waals surface area (Å²) in [5, 5.41) is 0. The van der Waals surface area contributed by atoms with Crippen molar-refractivity contribution in [3.05, 3.63) is 58.3 Å². The predicted molar refractivity (Wildman–Crippen MR) is 80.3 cm³/mol. The fraction of sp³-hybridized carbons (Fsp3) is 0.133. The molecule has 0 atom stereocenters. The Morgan fingerprint density at radius 2 is 2.00 bits per heavy atom. The number of oxazole rings is 1. The third kappa shape index (κ3) is 2.86. The van der Waals surface area contributed by atoms with E-state index in [-0.39, 0.29) is 0 Å². The highest BCUT2D eigenvalue weighted by atomic mass is 35.5. The molecule has 0 amide bonds. The Morgan fingerprint density at radius 1 is 1.20 bits per heavy atom. The van der Waals surface area contributed by atoms with E-state index in [4.69, 9.17) is 20.8 Å². The largest absolute Gasteiger partial charge is 0.487 e. The number of para-hydroxylation sites is 1. The zero-order chi connectivity index (χ0) is 13.9. The number of hydrogen-bond acceptors (Lipinski definition) is 4. The first-order valence-corrected chi connectivity index (χ1v) is 7.31. The van der Waals surface area contributed by atoms with Gasteiger partial charge in [-0.1, -0.05) is 29.8 Å². The molecule has 0 bridgehead atoms. The SMILES string of the molecule is Cc1oc(-c2ccc(Cl)s2)nc1COc1ccccc1. The van der Waals surface area contributed by atoms with Gasteiger partial charge in [0.15, 0.2) is 0 Å². The van der Waals surface area contributed by atoms with Gasteiger partial charge in [0.1, 0.15) is 23.8 Å². The Hall–Kier alpha value is -1.78. The predicted octanol–water partition coefficient (Wildman–Crippen LogP) is 4.94. The normalized spacial score (nSPS) is 10.7. The van der Waals surface area contributed by atoms with Gasteiger partial charge in [-0.05, 0) is 31.2 Å². The van der Waals surface area contributed by atoms with Crippen LogP contribution in [0.5, 0.6) is 5.75 Å². The van der Waals surface area contributed by atoms with Crippen molar-refractivity contribution in [3.8, 4) is 16.5 Å². The first kappa shape index (κ1) is 13.2. The van der Waals surface area contributed by atoms with E-state index in [0.717, 1.165) is 26.4 Å². The van der Waals surface area contributed by atoms with E-state index in [1.54, 1.807) is 0 Å². The van der Waals surface area contributed by atoms with Crippen LogP contribution in [0, 0.1) is 6.92 Å². The number of nitrogens with zero attached hydrogens (tertiary/aromatic N) is 1. The Bertz CT molecular complexity index is 706. The lowest BCUT2D eigenvalue weighted by atomic mass is 10.3. The fourth-order valence-electron chi connectivity index (χ4n) is 1.76. The molecule has 5 heteroatoms. The second-order valence-electron chi connectivity index (χ2n) is 4.23. The summed E-state index contributed by atoms with van der Waals surface area (Å²) in [6.07, 6.45) is 0. The summed E-state index contributed by atoms with van der Waals surface area (Å²) in [5.74, 6) is 2.17. The molecule has 2 heterocycles. The maximum Gasteiger partial charge on any atom is 0.236 e. The number of aryl methyl sites for hydroxylation is 1. The molecule has 0 aliphatic heterocycles. The Morgan fingerprint density at radius 3 is 2.70 bits per heavy atom. The number of thiophene rings is 1. The van der Waals surface area contributed by atoms with Gasteiger partial charge in [0.05, 0.1) is 9.21 Å². The summed E-state index contributed by atoms with van der Waals surface area (Å²) >= 11 is 7.37. The maximum atomic E-state index is 5.92. The van der Waals surface area contributed by atoms with Crippen LogP contribution in [-0.4, -0.2) is 4.98 Å². The van der Waals surface area contributed by atoms with Crippen LogP contribution in [0.2, 0.25) is 4.34 Å². The molecule has 3 rings (SSSR count). The van der Waals surface area contributed by atoms with Crippen molar-refractivity contribution in [3.63, 3.8) is 0 Å². The minimum absolute atomic E-state index is 0.387. The topological polar surface area (TPSA) is 35.3 Å². The first-order valence-electron chi connectivity index (χ1n) is 6.12. The highest BCUT2D eigenvalue weighted by Crippen LogP contribution is 2.31. The Balaban J connectivity index is 1.76. The second kappa shape index (κ2) is 5.69. The number of benzene rings is 1. The molecule has 0 aliphatic rings. The number of aromatic nitrogens is 1. The smallest absolute Gasteiger partial charge is 0.236 e. The number of rotatable bonds is 4. The lowest BCUT2D eigenvalue weighted by Gasteiger charge is -2.03. The standard InChI is InChI=1S/C15H12ClNO2S/c1-10-12(9-18-11-5-3-2-4-6-11)17-15(19-10)13-7-8-14(16)20-13/h2-8H,9H2,1H3. The molecular formula is C15H12ClNO2S. The van der Waals surface area contributed by atoms with Crippen molar-refractivity contribution in [1.29, 1.82) is 0 Å². The zero-order valence-corrected chi connectivity index (χ0v) is 12.4. The van der Waals surface area contributed by atoms with Crippen molar-refractivity contribution in [2.75, 3.05) is 0 Å². The monoisotopic (exact) mass is 305 g/mol. The van der Waals surface area contributed by atoms with Crippen LogP contribution in [0.4, 0.5) is 0 Å². The Kier molecular flexibility index (Phi) is 3.76. The molecular weight excluding hydrogens is 294 g/mol. The van der Waals surface area contributed by atoms with Crippen molar-refractivity contribution in [2.45, 2.75) is 13.5 Å². The highest BCUT2D eigenvalue weighted by Gasteiger charge is 2.13. The summed E-state index contributed by atoms with van der Waals surface area (Å²) in [5.41, 5.74) is 0.799. The molecule has 3 aromatic rings. The van der Waals surface area contributed by atoms with Gasteiger partial charge in [-0.15, -0.1) is 11.3 Å². The molecule has 0 aliphatic carbocycles. The molecule has 0 radical (unpaired) electrons. The van der Waals surface area contributed by atoms with Gasteiger partial charge in [-0.25, -0.2) is 4.98 Å². The number of ether oxygens (including phenoxy) is 1. The lowest BCUT2D eigenvalue weighted by molar-refractivity contribution is 0.299. The summed E-state index contributed by atoms with van der Waals surface area (Å²) in [7, 11) is 0. The summed E-state index contributed by atoms with van der Waals surface area (Å²) in [6, 6.07) is 13.4. The summed E-state index contributed by atoms with van der Waals surface area (Å²) in [4.78, 5) is 5.39. The molecule has 0 unspecified atom stereocenters. The van der Waals surface area contributed by atoms with Gasteiger partial charge in [0, 0.05) is 0 Å². The second-order valence-corrected chi connectivity index (χ2v) is 5.94. The fourth-order valence-corrected chi connectivity index (χ4v) is 2.73. The van der Waals surface area contributed by atoms with Crippen molar-refractivity contribution >= 4 is 22.9 Å². The molecule has 1 aromatic carbocycles. The van der Waals surface area contributed by atoms with Crippen LogP contribution in [0.15, 0.2) is 46.9 Å². The number of halogens is 1. The Labute approximate surface area is 125 Å². The van der Waals surface area contributed by atoms with Gasteiger partial charge in [-0.2, -0.15) is 0 Å². The molecule has 20 heavy (non-hydrogen) atoms.